The highest BCUT2D eigenvalue weighted by Gasteiger charge is 2.19. The summed E-state index contributed by atoms with van der Waals surface area (Å²) < 4.78 is 5.11. The van der Waals surface area contributed by atoms with Crippen molar-refractivity contribution in [2.75, 3.05) is 32.6 Å². The highest BCUT2D eigenvalue weighted by molar-refractivity contribution is 5.95. The van der Waals surface area contributed by atoms with E-state index >= 15 is 0 Å². The third-order valence-electron chi connectivity index (χ3n) is 4.47. The Hall–Kier alpha value is -2.61. The molecule has 1 fully saturated rings. The van der Waals surface area contributed by atoms with Gasteiger partial charge in [-0.1, -0.05) is 25.3 Å². The number of carbonyl (C=O) groups excluding carboxylic acids is 3. The lowest BCUT2D eigenvalue weighted by atomic mass is 9.96. The minimum Gasteiger partial charge on any atom is -0.497 e. The molecule has 8 heteroatoms. The lowest BCUT2D eigenvalue weighted by molar-refractivity contribution is -0.862. The largest absolute Gasteiger partial charge is 0.497 e. The second-order valence-electron chi connectivity index (χ2n) is 6.95. The number of methoxy groups -OCH3 is 1. The van der Waals surface area contributed by atoms with Crippen molar-refractivity contribution < 1.29 is 24.0 Å². The summed E-state index contributed by atoms with van der Waals surface area (Å²) in [5, 5.41) is 7.94. The molecule has 1 saturated carbocycles. The summed E-state index contributed by atoms with van der Waals surface area (Å²) in [6.45, 7) is 0.137. The van der Waals surface area contributed by atoms with Crippen LogP contribution in [0.25, 0.3) is 0 Å². The van der Waals surface area contributed by atoms with Crippen molar-refractivity contribution in [3.05, 3.63) is 24.3 Å². The van der Waals surface area contributed by atoms with Crippen molar-refractivity contribution in [3.8, 4) is 5.75 Å². The predicted molar refractivity (Wildman–Crippen MR) is 102 cm³/mol. The molecule has 0 bridgehead atoms. The number of quaternary nitrogens is 1. The molecule has 1 aromatic rings. The Morgan fingerprint density at radius 2 is 1.81 bits per heavy atom. The molecule has 1 unspecified atom stereocenters. The molecule has 0 aliphatic heterocycles. The topological polar surface area (TPSA) is 101 Å². The molecule has 2 rings (SSSR count). The van der Waals surface area contributed by atoms with Crippen LogP contribution in [0.15, 0.2) is 24.3 Å². The second-order valence-corrected chi connectivity index (χ2v) is 6.95. The van der Waals surface area contributed by atoms with Crippen LogP contribution >= 0.6 is 0 Å². The highest BCUT2D eigenvalue weighted by Crippen LogP contribution is 2.17. The van der Waals surface area contributed by atoms with Gasteiger partial charge in [-0.3, -0.25) is 14.9 Å². The Kier molecular flexibility index (Phi) is 8.06. The van der Waals surface area contributed by atoms with Gasteiger partial charge >= 0.3 is 6.03 Å². The smallest absolute Gasteiger partial charge is 0.321 e. The summed E-state index contributed by atoms with van der Waals surface area (Å²) in [6, 6.07) is 6.73. The van der Waals surface area contributed by atoms with Gasteiger partial charge in [0.05, 0.1) is 14.2 Å². The van der Waals surface area contributed by atoms with Gasteiger partial charge < -0.3 is 20.3 Å². The van der Waals surface area contributed by atoms with E-state index in [0.29, 0.717) is 16.3 Å². The van der Waals surface area contributed by atoms with E-state index in [1.54, 1.807) is 38.4 Å². The number of hydrogen-bond acceptors (Lipinski definition) is 4. The predicted octanol–water partition coefficient (Wildman–Crippen LogP) is 0.307. The van der Waals surface area contributed by atoms with Gasteiger partial charge in [0.15, 0.2) is 13.1 Å². The van der Waals surface area contributed by atoms with Gasteiger partial charge in [-0.05, 0) is 25.0 Å². The van der Waals surface area contributed by atoms with Crippen LogP contribution in [0, 0.1) is 0 Å². The van der Waals surface area contributed by atoms with Gasteiger partial charge in [-0.15, -0.1) is 0 Å². The average molecular weight is 377 g/mol. The highest BCUT2D eigenvalue weighted by atomic mass is 16.5. The van der Waals surface area contributed by atoms with Crippen LogP contribution in [-0.4, -0.2) is 51.1 Å². The van der Waals surface area contributed by atoms with Gasteiger partial charge in [-0.2, -0.15) is 0 Å². The van der Waals surface area contributed by atoms with Crippen LogP contribution in [-0.2, 0) is 9.59 Å². The van der Waals surface area contributed by atoms with Crippen molar-refractivity contribution in [2.45, 2.75) is 38.1 Å². The molecule has 148 valence electrons. The van der Waals surface area contributed by atoms with Crippen molar-refractivity contribution in [1.82, 2.24) is 10.6 Å². The standard InChI is InChI=1S/C19H28N4O4/c1-23(12-17(24)20-15-9-6-10-16(11-15)27-2)13-18(25)22-19(26)21-14-7-4-3-5-8-14/h6,9-11,14H,3-5,7-8,12-13H2,1-2H3,(H,20,24)(H2,21,22,25,26)/p+1. The molecule has 1 aromatic carbocycles. The molecular formula is C19H29N4O4+. The summed E-state index contributed by atoms with van der Waals surface area (Å²) in [4.78, 5) is 36.7. The van der Waals surface area contributed by atoms with E-state index in [4.69, 9.17) is 4.74 Å². The third-order valence-corrected chi connectivity index (χ3v) is 4.47. The fourth-order valence-electron chi connectivity index (χ4n) is 3.16. The minimum absolute atomic E-state index is 0.0314. The number of rotatable bonds is 7. The van der Waals surface area contributed by atoms with Gasteiger partial charge in [-0.25, -0.2) is 4.79 Å². The van der Waals surface area contributed by atoms with E-state index in [9.17, 15) is 14.4 Å². The number of carbonyl (C=O) groups is 3. The van der Waals surface area contributed by atoms with Crippen LogP contribution in [0.5, 0.6) is 5.75 Å². The zero-order valence-corrected chi connectivity index (χ0v) is 16.0. The molecule has 4 amide bonds. The number of benzene rings is 1. The molecule has 27 heavy (non-hydrogen) atoms. The minimum atomic E-state index is -0.458. The number of hydrogen-bond donors (Lipinski definition) is 4. The lowest BCUT2D eigenvalue weighted by Crippen LogP contribution is -3.11. The maximum atomic E-state index is 12.1. The Bertz CT molecular complexity index is 659. The molecule has 0 radical (unpaired) electrons. The Labute approximate surface area is 159 Å². The number of ether oxygens (including phenoxy) is 1. The van der Waals surface area contributed by atoms with Gasteiger partial charge in [0.1, 0.15) is 5.75 Å². The Morgan fingerprint density at radius 1 is 1.11 bits per heavy atom. The number of nitrogens with one attached hydrogen (secondary N) is 4. The molecule has 0 aromatic heterocycles. The molecule has 1 atom stereocenters. The fraction of sp³-hybridized carbons (Fsp3) is 0.526. The molecule has 0 spiro atoms. The van der Waals surface area contributed by atoms with E-state index in [1.807, 2.05) is 0 Å². The summed E-state index contributed by atoms with van der Waals surface area (Å²) in [5.41, 5.74) is 0.628. The van der Waals surface area contributed by atoms with Crippen molar-refractivity contribution in [3.63, 3.8) is 0 Å². The molecule has 8 nitrogen and oxygen atoms in total. The van der Waals surface area contributed by atoms with Gasteiger partial charge in [0, 0.05) is 17.8 Å². The van der Waals surface area contributed by atoms with Crippen molar-refractivity contribution in [2.24, 2.45) is 0 Å². The van der Waals surface area contributed by atoms with Crippen LogP contribution in [0.3, 0.4) is 0 Å². The molecular weight excluding hydrogens is 348 g/mol. The average Bonchev–Trinajstić information content (AvgIpc) is 2.62. The normalized spacial score (nSPS) is 15.5. The van der Waals surface area contributed by atoms with Crippen LogP contribution in [0.1, 0.15) is 32.1 Å². The fourth-order valence-corrected chi connectivity index (χ4v) is 3.16. The van der Waals surface area contributed by atoms with Crippen LogP contribution < -0.4 is 25.6 Å². The molecule has 1 aliphatic rings. The lowest BCUT2D eigenvalue weighted by Gasteiger charge is -2.22. The van der Waals surface area contributed by atoms with E-state index < -0.39 is 11.9 Å². The SMILES string of the molecule is COc1cccc(NC(=O)C[NH+](C)CC(=O)NC(=O)NC2CCCCC2)c1. The second kappa shape index (κ2) is 10.5. The maximum absolute atomic E-state index is 12.1. The first-order valence-corrected chi connectivity index (χ1v) is 9.32. The zero-order valence-electron chi connectivity index (χ0n) is 16.0. The maximum Gasteiger partial charge on any atom is 0.321 e. The molecule has 4 N–H and O–H groups in total. The zero-order chi connectivity index (χ0) is 19.6. The molecule has 0 heterocycles. The summed E-state index contributed by atoms with van der Waals surface area (Å²) in [7, 11) is 3.28. The monoisotopic (exact) mass is 377 g/mol. The van der Waals surface area contributed by atoms with Crippen molar-refractivity contribution in [1.29, 1.82) is 0 Å². The summed E-state index contributed by atoms with van der Waals surface area (Å²) >= 11 is 0. The number of amides is 4. The number of likely N-dealkylation sites (N-methyl/N-ethyl adjacent to an activating group) is 1. The van der Waals surface area contributed by atoms with Crippen molar-refractivity contribution >= 4 is 23.5 Å². The Morgan fingerprint density at radius 3 is 2.52 bits per heavy atom. The first kappa shape index (κ1) is 20.7. The van der Waals surface area contributed by atoms with Gasteiger partial charge in [0.25, 0.3) is 11.8 Å². The Balaban J connectivity index is 1.70. The third kappa shape index (κ3) is 7.65. The van der Waals surface area contributed by atoms with E-state index in [-0.39, 0.29) is 25.0 Å². The number of imide groups is 1. The van der Waals surface area contributed by atoms with E-state index in [2.05, 4.69) is 16.0 Å². The summed E-state index contributed by atoms with van der Waals surface area (Å²) in [6.07, 6.45) is 5.32. The number of urea groups is 1. The molecule has 1 aliphatic carbocycles. The van der Waals surface area contributed by atoms with E-state index in [1.165, 1.54) is 6.42 Å². The van der Waals surface area contributed by atoms with Crippen LogP contribution in [0.4, 0.5) is 10.5 Å². The molecule has 0 saturated heterocycles. The quantitative estimate of drug-likeness (QED) is 0.549. The first-order chi connectivity index (χ1) is 13.0. The van der Waals surface area contributed by atoms with Crippen LogP contribution in [0.2, 0.25) is 0 Å². The van der Waals surface area contributed by atoms with E-state index in [0.717, 1.165) is 25.7 Å². The summed E-state index contributed by atoms with van der Waals surface area (Å²) in [5.74, 6) is 0.0204. The van der Waals surface area contributed by atoms with Gasteiger partial charge in [0.2, 0.25) is 0 Å². The number of anilines is 1. The first-order valence-electron chi connectivity index (χ1n) is 9.32.